The fourth-order valence-corrected chi connectivity index (χ4v) is 0.934. The molecule has 6 nitrogen and oxygen atoms in total. The Hall–Kier alpha value is -1.58. The minimum atomic E-state index is -0.984. The number of rotatable bonds is 5. The van der Waals surface area contributed by atoms with Crippen molar-refractivity contribution in [2.24, 2.45) is 5.73 Å². The Morgan fingerprint density at radius 1 is 1.56 bits per heavy atom. The van der Waals surface area contributed by atoms with Gasteiger partial charge in [-0.3, -0.25) is 10.1 Å². The summed E-state index contributed by atoms with van der Waals surface area (Å²) in [4.78, 5) is 21.4. The van der Waals surface area contributed by atoms with Crippen LogP contribution in [0.1, 0.15) is 13.3 Å². The van der Waals surface area contributed by atoms with Gasteiger partial charge in [-0.05, 0) is 19.9 Å². The molecule has 0 heterocycles. The number of hydrogen-bond donors (Lipinski definition) is 3. The van der Waals surface area contributed by atoms with Gasteiger partial charge in [0, 0.05) is 5.92 Å². The second kappa shape index (κ2) is 7.68. The van der Waals surface area contributed by atoms with Crippen LogP contribution >= 0.6 is 0 Å². The zero-order valence-corrected chi connectivity index (χ0v) is 9.32. The van der Waals surface area contributed by atoms with Crippen LogP contribution in [0.5, 0.6) is 0 Å². The van der Waals surface area contributed by atoms with Gasteiger partial charge in [-0.1, -0.05) is 5.92 Å². The van der Waals surface area contributed by atoms with Gasteiger partial charge in [-0.15, -0.1) is 0 Å². The monoisotopic (exact) mass is 228 g/mol. The Morgan fingerprint density at radius 2 is 2.19 bits per heavy atom. The summed E-state index contributed by atoms with van der Waals surface area (Å²) >= 11 is 0. The molecule has 0 saturated carbocycles. The molecule has 0 amide bonds. The highest BCUT2D eigenvalue weighted by Gasteiger charge is 2.14. The summed E-state index contributed by atoms with van der Waals surface area (Å²) in [5, 5.41) is 11.4. The molecule has 0 fully saturated rings. The molecule has 0 aromatic heterocycles. The third-order valence-corrected chi connectivity index (χ3v) is 1.81. The third kappa shape index (κ3) is 6.01. The molecule has 0 aliphatic heterocycles. The number of hydrogen-bond acceptors (Lipinski definition) is 5. The molecule has 4 N–H and O–H groups in total. The zero-order chi connectivity index (χ0) is 12.6. The van der Waals surface area contributed by atoms with Gasteiger partial charge in [0.05, 0.1) is 13.2 Å². The van der Waals surface area contributed by atoms with Crippen LogP contribution in [-0.4, -0.2) is 42.8 Å². The quantitative estimate of drug-likeness (QED) is 0.315. The number of aliphatic carboxylic acids is 1. The number of carbonyl (C=O) groups excluding carboxylic acids is 1. The van der Waals surface area contributed by atoms with Crippen LogP contribution in [0, 0.1) is 11.8 Å². The Balaban J connectivity index is 4.41. The molecule has 90 valence electrons. The molecular weight excluding hydrogens is 212 g/mol. The minimum Gasteiger partial charge on any atom is -0.480 e. The number of ether oxygens (including phenoxy) is 1. The van der Waals surface area contributed by atoms with Gasteiger partial charge in [-0.25, -0.2) is 4.79 Å². The average Bonchev–Trinajstić information content (AvgIpc) is 2.25. The van der Waals surface area contributed by atoms with Gasteiger partial charge < -0.3 is 15.6 Å². The van der Waals surface area contributed by atoms with Crippen LogP contribution in [0.4, 0.5) is 0 Å². The normalized spacial score (nSPS) is 13.2. The number of nitrogens with one attached hydrogen (secondary N) is 1. The molecule has 0 spiro atoms. The van der Waals surface area contributed by atoms with E-state index in [2.05, 4.69) is 21.9 Å². The van der Waals surface area contributed by atoms with Crippen LogP contribution in [0.2, 0.25) is 0 Å². The van der Waals surface area contributed by atoms with Crippen LogP contribution in [0.3, 0.4) is 0 Å². The third-order valence-electron chi connectivity index (χ3n) is 1.81. The van der Waals surface area contributed by atoms with Crippen LogP contribution < -0.4 is 11.1 Å². The Kier molecular flexibility index (Phi) is 6.92. The molecular formula is C10H16N2O4. The van der Waals surface area contributed by atoms with E-state index >= 15 is 0 Å². The van der Waals surface area contributed by atoms with Crippen molar-refractivity contribution in [3.05, 3.63) is 0 Å². The Morgan fingerprint density at radius 3 is 2.62 bits per heavy atom. The van der Waals surface area contributed by atoms with Crippen molar-refractivity contribution < 1.29 is 19.4 Å². The lowest BCUT2D eigenvalue weighted by Crippen LogP contribution is -2.41. The van der Waals surface area contributed by atoms with Crippen LogP contribution in [-0.2, 0) is 14.3 Å². The fraction of sp³-hybridized carbons (Fsp3) is 0.600. The predicted molar refractivity (Wildman–Crippen MR) is 57.5 cm³/mol. The highest BCUT2D eigenvalue weighted by atomic mass is 16.5. The number of carboxylic acid groups (broad SMARTS) is 1. The molecule has 0 radical (unpaired) electrons. The van der Waals surface area contributed by atoms with Gasteiger partial charge in [0.25, 0.3) is 0 Å². The highest BCUT2D eigenvalue weighted by Crippen LogP contribution is 1.92. The van der Waals surface area contributed by atoms with Crippen LogP contribution in [0.15, 0.2) is 0 Å². The van der Waals surface area contributed by atoms with Crippen LogP contribution in [0.25, 0.3) is 0 Å². The summed E-state index contributed by atoms with van der Waals surface area (Å²) < 4.78 is 4.34. The minimum absolute atomic E-state index is 0.347. The molecule has 0 aromatic carbocycles. The summed E-state index contributed by atoms with van der Waals surface area (Å²) in [6.07, 6.45) is 0.460. The number of carbonyl (C=O) groups is 2. The molecule has 0 aromatic rings. The van der Waals surface area contributed by atoms with Crippen molar-refractivity contribution >= 4 is 11.9 Å². The summed E-state index contributed by atoms with van der Waals surface area (Å²) in [5.74, 6) is 3.17. The van der Waals surface area contributed by atoms with E-state index in [-0.39, 0.29) is 0 Å². The number of carboxylic acids is 1. The summed E-state index contributed by atoms with van der Waals surface area (Å²) in [6, 6.07) is -1.18. The van der Waals surface area contributed by atoms with E-state index < -0.39 is 24.0 Å². The van der Waals surface area contributed by atoms with Crippen molar-refractivity contribution in [3.8, 4) is 11.8 Å². The van der Waals surface area contributed by atoms with Crippen molar-refractivity contribution in [1.82, 2.24) is 5.32 Å². The lowest BCUT2D eigenvalue weighted by molar-refractivity contribution is -0.139. The number of methoxy groups -OCH3 is 1. The zero-order valence-electron chi connectivity index (χ0n) is 9.32. The molecule has 0 bridgehead atoms. The van der Waals surface area contributed by atoms with E-state index in [0.717, 1.165) is 0 Å². The molecule has 0 saturated heterocycles. The molecule has 0 aliphatic carbocycles. The lowest BCUT2D eigenvalue weighted by Gasteiger charge is -2.15. The van der Waals surface area contributed by atoms with Crippen molar-refractivity contribution in [2.75, 3.05) is 13.7 Å². The Labute approximate surface area is 94.1 Å². The van der Waals surface area contributed by atoms with E-state index in [1.165, 1.54) is 14.0 Å². The fourth-order valence-electron chi connectivity index (χ4n) is 0.934. The topological polar surface area (TPSA) is 102 Å². The summed E-state index contributed by atoms with van der Waals surface area (Å²) in [5.41, 5.74) is 5.35. The maximum Gasteiger partial charge on any atom is 0.384 e. The van der Waals surface area contributed by atoms with Crippen molar-refractivity contribution in [2.45, 2.75) is 25.4 Å². The first-order valence-corrected chi connectivity index (χ1v) is 4.79. The average molecular weight is 228 g/mol. The first kappa shape index (κ1) is 14.4. The molecule has 0 rings (SSSR count). The first-order chi connectivity index (χ1) is 7.51. The second-order valence-corrected chi connectivity index (χ2v) is 3.12. The van der Waals surface area contributed by atoms with Crippen molar-refractivity contribution in [1.29, 1.82) is 0 Å². The van der Waals surface area contributed by atoms with E-state index in [1.807, 2.05) is 0 Å². The lowest BCUT2D eigenvalue weighted by atomic mass is 10.2. The van der Waals surface area contributed by atoms with Crippen molar-refractivity contribution in [3.63, 3.8) is 0 Å². The van der Waals surface area contributed by atoms with Gasteiger partial charge in [0.2, 0.25) is 0 Å². The smallest absolute Gasteiger partial charge is 0.384 e. The summed E-state index contributed by atoms with van der Waals surface area (Å²) in [6.45, 7) is 1.84. The predicted octanol–water partition coefficient (Wildman–Crippen LogP) is -1.06. The van der Waals surface area contributed by atoms with E-state index in [1.54, 1.807) is 0 Å². The molecule has 6 heteroatoms. The number of nitrogens with two attached hydrogens (primary N) is 1. The largest absolute Gasteiger partial charge is 0.480 e. The first-order valence-electron chi connectivity index (χ1n) is 4.79. The molecule has 0 aliphatic rings. The standard InChI is InChI=1S/C10H16N2O4/c1-7(10(14)15)12-8(5-6-11)3-4-9(13)16-2/h7-8,12H,5-6,11H2,1-2H3,(H,14,15)/t7-,8?/m0/s1. The summed E-state index contributed by atoms with van der Waals surface area (Å²) in [7, 11) is 1.22. The SMILES string of the molecule is COC(=O)C#CC(CCN)N[C@@H](C)C(=O)O. The molecule has 2 atom stereocenters. The van der Waals surface area contributed by atoms with E-state index in [4.69, 9.17) is 10.8 Å². The maximum atomic E-state index is 10.8. The van der Waals surface area contributed by atoms with E-state index in [9.17, 15) is 9.59 Å². The van der Waals surface area contributed by atoms with Gasteiger partial charge in [0.15, 0.2) is 0 Å². The Bertz CT molecular complexity index is 306. The number of esters is 1. The molecule has 16 heavy (non-hydrogen) atoms. The maximum absolute atomic E-state index is 10.8. The second-order valence-electron chi connectivity index (χ2n) is 3.12. The van der Waals surface area contributed by atoms with Gasteiger partial charge >= 0.3 is 11.9 Å². The van der Waals surface area contributed by atoms with E-state index in [0.29, 0.717) is 13.0 Å². The van der Waals surface area contributed by atoms with Gasteiger partial charge in [-0.2, -0.15) is 0 Å². The van der Waals surface area contributed by atoms with Gasteiger partial charge in [0.1, 0.15) is 6.04 Å². The highest BCUT2D eigenvalue weighted by molar-refractivity contribution is 5.88. The molecule has 1 unspecified atom stereocenters.